The van der Waals surface area contributed by atoms with Gasteiger partial charge in [-0.25, -0.2) is 18.6 Å². The number of non-ortho nitro benzene ring substituents is 1. The van der Waals surface area contributed by atoms with Crippen LogP contribution in [0, 0.1) is 21.7 Å². The summed E-state index contributed by atoms with van der Waals surface area (Å²) in [6.45, 7) is -0.131. The topological polar surface area (TPSA) is 97.2 Å². The second-order valence-electron chi connectivity index (χ2n) is 4.97. The third kappa shape index (κ3) is 3.86. The largest absolute Gasteiger partial charge is 0.334 e. The molecule has 0 bridgehead atoms. The van der Waals surface area contributed by atoms with E-state index in [2.05, 4.69) is 15.6 Å². The first-order valence-corrected chi connectivity index (χ1v) is 7.78. The molecule has 0 aliphatic heterocycles. The fourth-order valence-electron chi connectivity index (χ4n) is 2.06. The molecule has 0 spiro atoms. The average molecular weight is 364 g/mol. The van der Waals surface area contributed by atoms with Crippen molar-refractivity contribution >= 4 is 38.4 Å². The van der Waals surface area contributed by atoms with Crippen molar-refractivity contribution in [3.8, 4) is 0 Å². The van der Waals surface area contributed by atoms with Gasteiger partial charge in [-0.15, -0.1) is 0 Å². The molecule has 10 heteroatoms. The molecule has 2 amide bonds. The molecule has 7 nitrogen and oxygen atoms in total. The Kier molecular flexibility index (Phi) is 4.52. The summed E-state index contributed by atoms with van der Waals surface area (Å²) in [7, 11) is 0. The first-order chi connectivity index (χ1) is 11.9. The minimum absolute atomic E-state index is 0.0704. The van der Waals surface area contributed by atoms with Gasteiger partial charge >= 0.3 is 6.03 Å². The number of hydrogen-bond acceptors (Lipinski definition) is 5. The van der Waals surface area contributed by atoms with Crippen molar-refractivity contribution in [2.75, 3.05) is 5.32 Å². The number of halogens is 2. The van der Waals surface area contributed by atoms with Gasteiger partial charge in [0, 0.05) is 30.3 Å². The smallest absolute Gasteiger partial charge is 0.321 e. The van der Waals surface area contributed by atoms with Crippen LogP contribution in [0.5, 0.6) is 0 Å². The molecule has 3 rings (SSSR count). The van der Waals surface area contributed by atoms with Gasteiger partial charge in [-0.2, -0.15) is 0 Å². The van der Waals surface area contributed by atoms with Crippen LogP contribution in [0.4, 0.5) is 24.4 Å². The van der Waals surface area contributed by atoms with Gasteiger partial charge in [-0.05, 0) is 12.1 Å². The maximum absolute atomic E-state index is 13.5. The lowest BCUT2D eigenvalue weighted by atomic mass is 10.2. The van der Waals surface area contributed by atoms with Crippen LogP contribution in [-0.2, 0) is 6.54 Å². The number of nitro groups is 1. The minimum atomic E-state index is -0.757. The third-order valence-corrected chi connectivity index (χ3v) is 4.19. The van der Waals surface area contributed by atoms with Crippen molar-refractivity contribution in [2.45, 2.75) is 6.54 Å². The predicted molar refractivity (Wildman–Crippen MR) is 88.5 cm³/mol. The maximum Gasteiger partial charge on any atom is 0.321 e. The highest BCUT2D eigenvalue weighted by molar-refractivity contribution is 7.22. The number of anilines is 1. The lowest BCUT2D eigenvalue weighted by Gasteiger charge is -2.06. The van der Waals surface area contributed by atoms with Crippen molar-refractivity contribution in [1.29, 1.82) is 0 Å². The lowest BCUT2D eigenvalue weighted by molar-refractivity contribution is -0.384. The predicted octanol–water partition coefficient (Wildman–Crippen LogP) is 3.80. The van der Waals surface area contributed by atoms with Gasteiger partial charge in [0.2, 0.25) is 0 Å². The molecular weight excluding hydrogens is 354 g/mol. The number of aromatic nitrogens is 1. The summed E-state index contributed by atoms with van der Waals surface area (Å²) in [6.07, 6.45) is 0. The summed E-state index contributed by atoms with van der Waals surface area (Å²) >= 11 is 1.07. The highest BCUT2D eigenvalue weighted by Crippen LogP contribution is 2.29. The zero-order valence-corrected chi connectivity index (χ0v) is 13.3. The Balaban J connectivity index is 1.66. The highest BCUT2D eigenvalue weighted by atomic mass is 32.1. The van der Waals surface area contributed by atoms with Crippen LogP contribution in [0.15, 0.2) is 36.4 Å². The number of amides is 2. The van der Waals surface area contributed by atoms with Crippen LogP contribution >= 0.6 is 11.3 Å². The molecule has 0 unspecified atom stereocenters. The van der Waals surface area contributed by atoms with E-state index >= 15 is 0 Å². The molecule has 0 fully saturated rings. The van der Waals surface area contributed by atoms with Gasteiger partial charge in [0.05, 0.1) is 15.1 Å². The maximum atomic E-state index is 13.5. The average Bonchev–Trinajstić information content (AvgIpc) is 2.95. The second-order valence-corrected chi connectivity index (χ2v) is 6.00. The quantitative estimate of drug-likeness (QED) is 0.543. The second kappa shape index (κ2) is 6.77. The molecule has 1 aromatic heterocycles. The van der Waals surface area contributed by atoms with Gasteiger partial charge in [-0.1, -0.05) is 17.4 Å². The summed E-state index contributed by atoms with van der Waals surface area (Å²) in [6, 6.07) is 6.61. The van der Waals surface area contributed by atoms with Gasteiger partial charge in [-0.3, -0.25) is 15.4 Å². The number of hydrogen-bond donors (Lipinski definition) is 2. The number of benzene rings is 2. The number of nitrogens with zero attached hydrogens (tertiary/aromatic N) is 2. The lowest BCUT2D eigenvalue weighted by Crippen LogP contribution is -2.28. The molecule has 1 heterocycles. The zero-order valence-electron chi connectivity index (χ0n) is 12.5. The van der Waals surface area contributed by atoms with E-state index in [9.17, 15) is 23.7 Å². The molecule has 0 saturated heterocycles. The van der Waals surface area contributed by atoms with Crippen LogP contribution in [0.25, 0.3) is 10.2 Å². The summed E-state index contributed by atoms with van der Waals surface area (Å²) in [5.41, 5.74) is 0.575. The number of urea groups is 1. The first kappa shape index (κ1) is 16.7. The molecule has 2 aromatic carbocycles. The molecule has 25 heavy (non-hydrogen) atoms. The Labute approximate surface area is 143 Å². The van der Waals surface area contributed by atoms with E-state index in [0.29, 0.717) is 10.2 Å². The van der Waals surface area contributed by atoms with E-state index in [1.807, 2.05) is 0 Å². The van der Waals surface area contributed by atoms with Gasteiger partial charge in [0.15, 0.2) is 5.13 Å². The van der Waals surface area contributed by atoms with Crippen LogP contribution < -0.4 is 10.6 Å². The van der Waals surface area contributed by atoms with Crippen molar-refractivity contribution in [3.05, 3.63) is 63.7 Å². The summed E-state index contributed by atoms with van der Waals surface area (Å²) in [4.78, 5) is 26.2. The van der Waals surface area contributed by atoms with E-state index in [4.69, 9.17) is 0 Å². The van der Waals surface area contributed by atoms with E-state index in [0.717, 1.165) is 23.5 Å². The molecule has 0 radical (unpaired) electrons. The Hall–Kier alpha value is -3.14. The van der Waals surface area contributed by atoms with Gasteiger partial charge < -0.3 is 5.32 Å². The molecule has 0 atom stereocenters. The fourth-order valence-corrected chi connectivity index (χ4v) is 2.96. The standard InChI is InChI=1S/C15H10F2N4O3S/c16-9-2-1-8(11(17)5-9)7-18-14(22)20-15-19-12-4-3-10(21(23)24)6-13(12)25-15/h1-6H,7H2,(H2,18,19,20,22). The zero-order chi connectivity index (χ0) is 18.0. The number of carbonyl (C=O) groups excluding carboxylic acids is 1. The third-order valence-electron chi connectivity index (χ3n) is 3.26. The highest BCUT2D eigenvalue weighted by Gasteiger charge is 2.12. The van der Waals surface area contributed by atoms with Crippen LogP contribution in [0.2, 0.25) is 0 Å². The SMILES string of the molecule is O=C(NCc1ccc(F)cc1F)Nc1nc2ccc([N+](=O)[O-])cc2s1. The Morgan fingerprint density at radius 2 is 2.04 bits per heavy atom. The van der Waals surface area contributed by atoms with E-state index in [-0.39, 0.29) is 22.9 Å². The number of carbonyl (C=O) groups is 1. The first-order valence-electron chi connectivity index (χ1n) is 6.96. The number of nitro benzene ring substituents is 1. The number of fused-ring (bicyclic) bond motifs is 1. The fraction of sp³-hybridized carbons (Fsp3) is 0.0667. The van der Waals surface area contributed by atoms with Gasteiger partial charge in [0.1, 0.15) is 11.6 Å². The molecule has 0 aliphatic rings. The molecule has 0 saturated carbocycles. The molecule has 0 aliphatic carbocycles. The molecule has 3 aromatic rings. The molecular formula is C15H10F2N4O3S. The number of thiazole rings is 1. The van der Waals surface area contributed by atoms with Crippen LogP contribution in [0.1, 0.15) is 5.56 Å². The minimum Gasteiger partial charge on any atom is -0.334 e. The van der Waals surface area contributed by atoms with Crippen molar-refractivity contribution < 1.29 is 18.5 Å². The summed E-state index contributed by atoms with van der Waals surface area (Å²) in [5.74, 6) is -1.46. The molecule has 2 N–H and O–H groups in total. The van der Waals surface area contributed by atoms with Crippen LogP contribution in [0.3, 0.4) is 0 Å². The van der Waals surface area contributed by atoms with E-state index in [1.165, 1.54) is 24.3 Å². The number of nitrogens with one attached hydrogen (secondary N) is 2. The summed E-state index contributed by atoms with van der Waals surface area (Å²) in [5, 5.41) is 15.9. The Bertz CT molecular complexity index is 977. The summed E-state index contributed by atoms with van der Waals surface area (Å²) < 4.78 is 26.9. The normalized spacial score (nSPS) is 10.6. The van der Waals surface area contributed by atoms with Crippen molar-refractivity contribution in [3.63, 3.8) is 0 Å². The Morgan fingerprint density at radius 3 is 2.76 bits per heavy atom. The van der Waals surface area contributed by atoms with E-state index < -0.39 is 22.6 Å². The van der Waals surface area contributed by atoms with Crippen LogP contribution in [-0.4, -0.2) is 15.9 Å². The monoisotopic (exact) mass is 364 g/mol. The Morgan fingerprint density at radius 1 is 1.24 bits per heavy atom. The van der Waals surface area contributed by atoms with E-state index in [1.54, 1.807) is 0 Å². The van der Waals surface area contributed by atoms with Crippen molar-refractivity contribution in [2.24, 2.45) is 0 Å². The molecule has 128 valence electrons. The van der Waals surface area contributed by atoms with Crippen molar-refractivity contribution in [1.82, 2.24) is 10.3 Å². The number of rotatable bonds is 4. The van der Waals surface area contributed by atoms with Gasteiger partial charge in [0.25, 0.3) is 5.69 Å².